The molecule has 1 aromatic rings. The second-order valence-corrected chi connectivity index (χ2v) is 7.49. The molecule has 0 saturated carbocycles. The normalized spacial score (nSPS) is 16.9. The Morgan fingerprint density at radius 1 is 1.30 bits per heavy atom. The number of anilines is 1. The number of carbonyl (C=O) groups is 1. The fraction of sp³-hybridized carbons (Fsp3) is 0.533. The van der Waals surface area contributed by atoms with Crippen molar-refractivity contribution < 1.29 is 9.53 Å². The van der Waals surface area contributed by atoms with E-state index in [2.05, 4.69) is 38.3 Å². The van der Waals surface area contributed by atoms with Crippen molar-refractivity contribution in [3.05, 3.63) is 29.8 Å². The van der Waals surface area contributed by atoms with E-state index in [0.29, 0.717) is 0 Å². The predicted molar refractivity (Wildman–Crippen MR) is 84.2 cm³/mol. The van der Waals surface area contributed by atoms with Gasteiger partial charge in [0.15, 0.2) is 0 Å². The van der Waals surface area contributed by atoms with Crippen LogP contribution in [0.3, 0.4) is 0 Å². The van der Waals surface area contributed by atoms with Crippen molar-refractivity contribution in [2.24, 2.45) is 0 Å². The van der Waals surface area contributed by atoms with Gasteiger partial charge in [0.25, 0.3) is 0 Å². The summed E-state index contributed by atoms with van der Waals surface area (Å²) in [5.74, 6) is -0.0431. The summed E-state index contributed by atoms with van der Waals surface area (Å²) in [5, 5.41) is 2.89. The van der Waals surface area contributed by atoms with Crippen molar-refractivity contribution in [3.63, 3.8) is 0 Å². The quantitative estimate of drug-likeness (QED) is 0.856. The average Bonchev–Trinajstić information content (AvgIpc) is 2.41. The number of ether oxygens (including phenoxy) is 1. The highest BCUT2D eigenvalue weighted by Crippen LogP contribution is 2.19. The van der Waals surface area contributed by atoms with Crippen LogP contribution in [0.5, 0.6) is 0 Å². The molecule has 1 aliphatic rings. The van der Waals surface area contributed by atoms with Gasteiger partial charge in [0.1, 0.15) is 0 Å². The monoisotopic (exact) mass is 340 g/mol. The maximum absolute atomic E-state index is 11.9. The standard InChI is InChI=1S/C15H21BrN2O2/c1-15(2,16)14(19)17-13-5-3-12(4-6-13)11-18-7-9-20-10-8-18/h3-6H,7-11H2,1-2H3,(H,17,19). The van der Waals surface area contributed by atoms with Crippen LogP contribution in [0.15, 0.2) is 24.3 Å². The van der Waals surface area contributed by atoms with Crippen molar-refractivity contribution in [2.45, 2.75) is 24.7 Å². The Balaban J connectivity index is 1.91. The third-order valence-corrected chi connectivity index (χ3v) is 3.62. The van der Waals surface area contributed by atoms with Crippen molar-refractivity contribution in [1.29, 1.82) is 0 Å². The highest BCUT2D eigenvalue weighted by atomic mass is 79.9. The van der Waals surface area contributed by atoms with Crippen molar-refractivity contribution >= 4 is 27.5 Å². The van der Waals surface area contributed by atoms with Crippen LogP contribution in [0.2, 0.25) is 0 Å². The van der Waals surface area contributed by atoms with Crippen molar-refractivity contribution in [1.82, 2.24) is 4.90 Å². The Labute approximate surface area is 128 Å². The van der Waals surface area contributed by atoms with Gasteiger partial charge in [-0.3, -0.25) is 9.69 Å². The summed E-state index contributed by atoms with van der Waals surface area (Å²) in [6.07, 6.45) is 0. The van der Waals surface area contributed by atoms with Gasteiger partial charge in [0, 0.05) is 25.3 Å². The number of morpholine rings is 1. The van der Waals surface area contributed by atoms with E-state index in [1.807, 2.05) is 26.0 Å². The van der Waals surface area contributed by atoms with Crippen molar-refractivity contribution in [2.75, 3.05) is 31.6 Å². The summed E-state index contributed by atoms with van der Waals surface area (Å²) in [4.78, 5) is 14.2. The number of rotatable bonds is 4. The molecule has 1 heterocycles. The Morgan fingerprint density at radius 2 is 1.90 bits per heavy atom. The number of benzene rings is 1. The van der Waals surface area contributed by atoms with Crippen LogP contribution in [0, 0.1) is 0 Å². The molecule has 1 aromatic carbocycles. The van der Waals surface area contributed by atoms with Gasteiger partial charge in [-0.25, -0.2) is 0 Å². The molecule has 0 atom stereocenters. The molecule has 5 heteroatoms. The molecule has 0 spiro atoms. The minimum Gasteiger partial charge on any atom is -0.379 e. The lowest BCUT2D eigenvalue weighted by molar-refractivity contribution is -0.117. The molecule has 0 unspecified atom stereocenters. The first-order valence-corrected chi connectivity index (χ1v) is 7.64. The first-order chi connectivity index (χ1) is 9.45. The molecule has 1 fully saturated rings. The number of alkyl halides is 1. The van der Waals surface area contributed by atoms with E-state index in [1.165, 1.54) is 5.56 Å². The van der Waals surface area contributed by atoms with E-state index >= 15 is 0 Å². The Morgan fingerprint density at radius 3 is 2.45 bits per heavy atom. The van der Waals surface area contributed by atoms with Crippen LogP contribution >= 0.6 is 15.9 Å². The highest BCUT2D eigenvalue weighted by Gasteiger charge is 2.23. The predicted octanol–water partition coefficient (Wildman–Crippen LogP) is 2.63. The molecule has 0 aliphatic carbocycles. The molecule has 0 radical (unpaired) electrons. The van der Waals surface area contributed by atoms with Crippen LogP contribution in [0.4, 0.5) is 5.69 Å². The third-order valence-electron chi connectivity index (χ3n) is 3.26. The van der Waals surface area contributed by atoms with Gasteiger partial charge in [-0.05, 0) is 31.5 Å². The minimum atomic E-state index is -0.556. The Hall–Kier alpha value is -0.910. The lowest BCUT2D eigenvalue weighted by Crippen LogP contribution is -2.35. The van der Waals surface area contributed by atoms with Crippen LogP contribution in [0.25, 0.3) is 0 Å². The smallest absolute Gasteiger partial charge is 0.240 e. The molecule has 110 valence electrons. The summed E-state index contributed by atoms with van der Waals surface area (Å²) in [5.41, 5.74) is 2.08. The largest absolute Gasteiger partial charge is 0.379 e. The Bertz CT molecular complexity index is 448. The number of amides is 1. The number of halogens is 1. The van der Waals surface area contributed by atoms with Gasteiger partial charge >= 0.3 is 0 Å². The molecular weight excluding hydrogens is 320 g/mol. The van der Waals surface area contributed by atoms with Crippen LogP contribution in [-0.4, -0.2) is 41.4 Å². The van der Waals surface area contributed by atoms with E-state index in [-0.39, 0.29) is 5.91 Å². The summed E-state index contributed by atoms with van der Waals surface area (Å²) in [7, 11) is 0. The average molecular weight is 341 g/mol. The summed E-state index contributed by atoms with van der Waals surface area (Å²) < 4.78 is 4.78. The first kappa shape index (κ1) is 15.5. The molecule has 1 amide bonds. The van der Waals surface area contributed by atoms with Crippen LogP contribution in [0.1, 0.15) is 19.4 Å². The molecule has 4 nitrogen and oxygen atoms in total. The van der Waals surface area contributed by atoms with Gasteiger partial charge in [0.05, 0.1) is 17.5 Å². The summed E-state index contributed by atoms with van der Waals surface area (Å²) in [6.45, 7) is 8.18. The first-order valence-electron chi connectivity index (χ1n) is 6.84. The number of nitrogens with zero attached hydrogens (tertiary/aromatic N) is 1. The molecule has 20 heavy (non-hydrogen) atoms. The van der Waals surface area contributed by atoms with Gasteiger partial charge in [-0.1, -0.05) is 28.1 Å². The van der Waals surface area contributed by atoms with Gasteiger partial charge < -0.3 is 10.1 Å². The van der Waals surface area contributed by atoms with E-state index in [1.54, 1.807) is 0 Å². The topological polar surface area (TPSA) is 41.6 Å². The van der Waals surface area contributed by atoms with Crippen LogP contribution < -0.4 is 5.32 Å². The van der Waals surface area contributed by atoms with Gasteiger partial charge in [-0.15, -0.1) is 0 Å². The highest BCUT2D eigenvalue weighted by molar-refractivity contribution is 9.10. The lowest BCUT2D eigenvalue weighted by atomic mass is 10.1. The van der Waals surface area contributed by atoms with E-state index < -0.39 is 4.32 Å². The van der Waals surface area contributed by atoms with Crippen molar-refractivity contribution in [3.8, 4) is 0 Å². The van der Waals surface area contributed by atoms with Gasteiger partial charge in [-0.2, -0.15) is 0 Å². The van der Waals surface area contributed by atoms with Gasteiger partial charge in [0.2, 0.25) is 5.91 Å². The molecule has 0 aromatic heterocycles. The molecule has 2 rings (SSSR count). The minimum absolute atomic E-state index is 0.0431. The lowest BCUT2D eigenvalue weighted by Gasteiger charge is -2.26. The zero-order chi connectivity index (χ0) is 14.6. The summed E-state index contributed by atoms with van der Waals surface area (Å²) >= 11 is 3.35. The third kappa shape index (κ3) is 4.58. The maximum atomic E-state index is 11.9. The number of hydrogen-bond donors (Lipinski definition) is 1. The van der Waals surface area contributed by atoms with E-state index in [4.69, 9.17) is 4.74 Å². The molecule has 1 N–H and O–H groups in total. The van der Waals surface area contributed by atoms with E-state index in [0.717, 1.165) is 38.5 Å². The molecule has 1 saturated heterocycles. The SMILES string of the molecule is CC(C)(Br)C(=O)Nc1ccc(CN2CCOCC2)cc1. The second kappa shape index (κ2) is 6.70. The fourth-order valence-electron chi connectivity index (χ4n) is 1.99. The van der Waals surface area contributed by atoms with E-state index in [9.17, 15) is 4.79 Å². The Kier molecular flexibility index (Phi) is 5.18. The number of hydrogen-bond acceptors (Lipinski definition) is 3. The maximum Gasteiger partial charge on any atom is 0.240 e. The molecule has 0 bridgehead atoms. The number of carbonyl (C=O) groups excluding carboxylic acids is 1. The zero-order valence-electron chi connectivity index (χ0n) is 12.0. The second-order valence-electron chi connectivity index (χ2n) is 5.51. The fourth-order valence-corrected chi connectivity index (χ4v) is 2.09. The van der Waals surface area contributed by atoms with Crippen LogP contribution in [-0.2, 0) is 16.1 Å². The number of nitrogens with one attached hydrogen (secondary N) is 1. The zero-order valence-corrected chi connectivity index (χ0v) is 13.6. The summed E-state index contributed by atoms with van der Waals surface area (Å²) in [6, 6.07) is 8.03. The molecule has 1 aliphatic heterocycles. The molecular formula is C15H21BrN2O2.